The molecule has 1 N–H and O–H groups in total. The van der Waals surface area contributed by atoms with E-state index in [1.165, 1.54) is 31.5 Å². The van der Waals surface area contributed by atoms with Crippen molar-refractivity contribution in [1.29, 1.82) is 0 Å². The van der Waals surface area contributed by atoms with Gasteiger partial charge in [-0.15, -0.1) is 0 Å². The predicted octanol–water partition coefficient (Wildman–Crippen LogP) is 3.98. The molecule has 2 atom stereocenters. The zero-order chi connectivity index (χ0) is 15.7. The summed E-state index contributed by atoms with van der Waals surface area (Å²) in [6.07, 6.45) is 3.23. The van der Waals surface area contributed by atoms with Gasteiger partial charge in [-0.3, -0.25) is 0 Å². The molecule has 2 heteroatoms. The van der Waals surface area contributed by atoms with Crippen molar-refractivity contribution in [3.63, 3.8) is 0 Å². The summed E-state index contributed by atoms with van der Waals surface area (Å²) in [6.45, 7) is 11.6. The van der Waals surface area contributed by atoms with E-state index < -0.39 is 0 Å². The third kappa shape index (κ3) is 5.12. The maximum Gasteiger partial charge on any atom is 0.0623 e. The minimum absolute atomic E-state index is 0.162. The normalized spacial score (nSPS) is 27.8. The molecular weight excluding hydrogens is 258 g/mol. The Morgan fingerprint density at radius 3 is 2.10 bits per heavy atom. The predicted molar refractivity (Wildman–Crippen MR) is 91.5 cm³/mol. The highest BCUT2D eigenvalue weighted by Crippen LogP contribution is 2.35. The van der Waals surface area contributed by atoms with Crippen LogP contribution >= 0.6 is 0 Å². The molecule has 0 saturated carbocycles. The van der Waals surface area contributed by atoms with Gasteiger partial charge in [0.25, 0.3) is 0 Å². The highest BCUT2D eigenvalue weighted by molar-refractivity contribution is 5.16. The van der Waals surface area contributed by atoms with E-state index in [4.69, 9.17) is 0 Å². The Kier molecular flexibility index (Phi) is 8.63. The topological polar surface area (TPSA) is 23.5 Å². The van der Waals surface area contributed by atoms with E-state index >= 15 is 0 Å². The van der Waals surface area contributed by atoms with Gasteiger partial charge in [0.05, 0.1) is 6.10 Å². The second-order valence-corrected chi connectivity index (χ2v) is 5.56. The maximum atomic E-state index is 10.4. The highest BCUT2D eigenvalue weighted by Gasteiger charge is 2.37. The third-order valence-electron chi connectivity index (χ3n) is 4.49. The first-order chi connectivity index (χ1) is 10.3. The summed E-state index contributed by atoms with van der Waals surface area (Å²) in [7, 11) is 0. The molecule has 2 bridgehead atoms. The van der Waals surface area contributed by atoms with E-state index in [0.29, 0.717) is 5.92 Å². The van der Waals surface area contributed by atoms with Crippen molar-refractivity contribution in [2.45, 2.75) is 53.1 Å². The van der Waals surface area contributed by atoms with Gasteiger partial charge in [0.1, 0.15) is 0 Å². The van der Waals surface area contributed by atoms with Gasteiger partial charge >= 0.3 is 0 Å². The fourth-order valence-corrected chi connectivity index (χ4v) is 3.45. The number of aliphatic hydroxyl groups is 1. The second kappa shape index (κ2) is 9.97. The number of fused-ring (bicyclic) bond motifs is 3. The molecule has 3 aliphatic rings. The second-order valence-electron chi connectivity index (χ2n) is 5.56. The molecular formula is C19H33NO. The van der Waals surface area contributed by atoms with E-state index in [2.05, 4.69) is 29.2 Å². The highest BCUT2D eigenvalue weighted by atomic mass is 16.3. The first-order valence-electron chi connectivity index (χ1n) is 8.77. The van der Waals surface area contributed by atoms with Crippen molar-refractivity contribution in [3.8, 4) is 0 Å². The maximum absolute atomic E-state index is 10.4. The summed E-state index contributed by atoms with van der Waals surface area (Å²) in [4.78, 5) is 2.51. The lowest BCUT2D eigenvalue weighted by Crippen LogP contribution is -2.51. The molecule has 2 unspecified atom stereocenters. The monoisotopic (exact) mass is 291 g/mol. The van der Waals surface area contributed by atoms with Gasteiger partial charge in [0.15, 0.2) is 0 Å². The molecule has 0 radical (unpaired) electrons. The van der Waals surface area contributed by atoms with Crippen molar-refractivity contribution >= 4 is 0 Å². The Labute approximate surface area is 131 Å². The van der Waals surface area contributed by atoms with E-state index in [1.54, 1.807) is 0 Å². The molecule has 3 heterocycles. The van der Waals surface area contributed by atoms with Crippen molar-refractivity contribution in [2.24, 2.45) is 11.8 Å². The Hall–Kier alpha value is -0.860. The molecule has 21 heavy (non-hydrogen) atoms. The zero-order valence-corrected chi connectivity index (χ0v) is 14.3. The van der Waals surface area contributed by atoms with Crippen molar-refractivity contribution in [2.75, 3.05) is 19.6 Å². The van der Waals surface area contributed by atoms with Gasteiger partial charge in [-0.1, -0.05) is 58.0 Å². The first-order valence-corrected chi connectivity index (χ1v) is 8.77. The number of nitrogens with zero attached hydrogens (tertiary/aromatic N) is 1. The Bertz CT molecular complexity index is 357. The van der Waals surface area contributed by atoms with E-state index in [1.807, 2.05) is 33.8 Å². The Morgan fingerprint density at radius 1 is 1.05 bits per heavy atom. The van der Waals surface area contributed by atoms with Crippen LogP contribution in [0.5, 0.6) is 0 Å². The third-order valence-corrected chi connectivity index (χ3v) is 4.49. The molecule has 2 nitrogen and oxygen atoms in total. The summed E-state index contributed by atoms with van der Waals surface area (Å²) in [5.41, 5.74) is 1.26. The molecule has 3 saturated heterocycles. The van der Waals surface area contributed by atoms with Gasteiger partial charge in [-0.2, -0.15) is 0 Å². The zero-order valence-electron chi connectivity index (χ0n) is 14.3. The molecule has 0 aliphatic carbocycles. The molecule has 120 valence electrons. The number of benzene rings is 1. The molecule has 1 aromatic rings. The van der Waals surface area contributed by atoms with Gasteiger partial charge in [0.2, 0.25) is 0 Å². The average Bonchev–Trinajstić information content (AvgIpc) is 2.60. The van der Waals surface area contributed by atoms with Gasteiger partial charge in [-0.25, -0.2) is 0 Å². The van der Waals surface area contributed by atoms with Crippen LogP contribution in [0.3, 0.4) is 0 Å². The summed E-state index contributed by atoms with van der Waals surface area (Å²) in [5, 5.41) is 10.4. The van der Waals surface area contributed by atoms with Crippen molar-refractivity contribution < 1.29 is 5.11 Å². The number of rotatable bonds is 3. The van der Waals surface area contributed by atoms with E-state index in [-0.39, 0.29) is 6.10 Å². The fourth-order valence-electron chi connectivity index (χ4n) is 3.45. The summed E-state index contributed by atoms with van der Waals surface area (Å²) in [5.74, 6) is 1.26. The molecule has 0 spiro atoms. The quantitative estimate of drug-likeness (QED) is 0.910. The number of hydrogen-bond acceptors (Lipinski definition) is 2. The van der Waals surface area contributed by atoms with E-state index in [0.717, 1.165) is 18.9 Å². The lowest BCUT2D eigenvalue weighted by molar-refractivity contribution is -0.0244. The molecule has 0 aromatic heterocycles. The lowest BCUT2D eigenvalue weighted by Gasteiger charge is -2.46. The molecule has 3 aliphatic heterocycles. The number of aliphatic hydroxyl groups excluding tert-OH is 1. The Morgan fingerprint density at radius 2 is 1.62 bits per heavy atom. The number of hydrogen-bond donors (Lipinski definition) is 1. The molecule has 0 amide bonds. The van der Waals surface area contributed by atoms with Crippen LogP contribution in [0.4, 0.5) is 0 Å². The van der Waals surface area contributed by atoms with Crippen LogP contribution in [0.2, 0.25) is 0 Å². The lowest BCUT2D eigenvalue weighted by atomic mass is 9.75. The average molecular weight is 291 g/mol. The van der Waals surface area contributed by atoms with E-state index in [9.17, 15) is 5.11 Å². The van der Waals surface area contributed by atoms with Crippen LogP contribution in [0.15, 0.2) is 30.3 Å². The van der Waals surface area contributed by atoms with Gasteiger partial charge < -0.3 is 10.0 Å². The van der Waals surface area contributed by atoms with Crippen LogP contribution in [-0.2, 0) is 6.42 Å². The van der Waals surface area contributed by atoms with Gasteiger partial charge in [0, 0.05) is 12.5 Å². The fraction of sp³-hybridized carbons (Fsp3) is 0.684. The van der Waals surface area contributed by atoms with Gasteiger partial charge in [-0.05, 0) is 43.8 Å². The smallest absolute Gasteiger partial charge is 0.0623 e. The van der Waals surface area contributed by atoms with Crippen LogP contribution in [-0.4, -0.2) is 35.7 Å². The summed E-state index contributed by atoms with van der Waals surface area (Å²) in [6, 6.07) is 10.4. The largest absolute Gasteiger partial charge is 0.392 e. The summed E-state index contributed by atoms with van der Waals surface area (Å²) >= 11 is 0. The molecule has 4 rings (SSSR count). The van der Waals surface area contributed by atoms with Crippen LogP contribution in [0, 0.1) is 11.8 Å². The van der Waals surface area contributed by atoms with Crippen LogP contribution in [0.1, 0.15) is 46.1 Å². The molecule has 3 fully saturated rings. The SMILES string of the molecule is CC.CC.OC(Cc1ccccc1)C1CN2CCC1CC2. The summed E-state index contributed by atoms with van der Waals surface area (Å²) < 4.78 is 0. The minimum atomic E-state index is -0.162. The standard InChI is InChI=1S/C15H21NO.2C2H6/c17-15(10-12-4-2-1-3-5-12)14-11-16-8-6-13(14)7-9-16;2*1-2/h1-5,13-15,17H,6-11H2;2*1-2H3. The van der Waals surface area contributed by atoms with Crippen LogP contribution in [0.25, 0.3) is 0 Å². The minimum Gasteiger partial charge on any atom is -0.392 e. The van der Waals surface area contributed by atoms with Crippen molar-refractivity contribution in [3.05, 3.63) is 35.9 Å². The number of piperidine rings is 3. The Balaban J connectivity index is 0.000000510. The van der Waals surface area contributed by atoms with Crippen molar-refractivity contribution in [1.82, 2.24) is 4.90 Å². The first kappa shape index (κ1) is 18.2. The van der Waals surface area contributed by atoms with Crippen LogP contribution < -0.4 is 0 Å². The molecule has 1 aromatic carbocycles.